The summed E-state index contributed by atoms with van der Waals surface area (Å²) in [5, 5.41) is 5.54. The number of amides is 1. The zero-order valence-electron chi connectivity index (χ0n) is 10.9. The molecule has 0 aliphatic carbocycles. The van der Waals surface area contributed by atoms with E-state index in [0.29, 0.717) is 17.8 Å². The van der Waals surface area contributed by atoms with E-state index in [1.165, 1.54) is 0 Å². The summed E-state index contributed by atoms with van der Waals surface area (Å²) in [7, 11) is 0. The number of hydrogen-bond acceptors (Lipinski definition) is 2. The SMILES string of the molecule is CCNc1ccccc1C(=O)Nc1cc(F)cc(F)c1. The van der Waals surface area contributed by atoms with E-state index in [4.69, 9.17) is 0 Å². The summed E-state index contributed by atoms with van der Waals surface area (Å²) in [5.41, 5.74) is 1.17. The van der Waals surface area contributed by atoms with Gasteiger partial charge in [-0.05, 0) is 31.2 Å². The third-order valence-corrected chi connectivity index (χ3v) is 2.66. The molecule has 2 aromatic rings. The molecule has 2 rings (SSSR count). The maximum absolute atomic E-state index is 13.1. The van der Waals surface area contributed by atoms with E-state index >= 15 is 0 Å². The van der Waals surface area contributed by atoms with E-state index < -0.39 is 17.5 Å². The lowest BCUT2D eigenvalue weighted by Gasteiger charge is -2.11. The number of anilines is 2. The van der Waals surface area contributed by atoms with Gasteiger partial charge in [0.1, 0.15) is 11.6 Å². The molecule has 0 aromatic heterocycles. The lowest BCUT2D eigenvalue weighted by molar-refractivity contribution is 0.102. The topological polar surface area (TPSA) is 41.1 Å². The summed E-state index contributed by atoms with van der Waals surface area (Å²) in [4.78, 5) is 12.1. The Morgan fingerprint density at radius 2 is 1.75 bits per heavy atom. The third kappa shape index (κ3) is 3.32. The number of hydrogen-bond donors (Lipinski definition) is 2. The smallest absolute Gasteiger partial charge is 0.257 e. The van der Waals surface area contributed by atoms with Gasteiger partial charge in [0.2, 0.25) is 0 Å². The van der Waals surface area contributed by atoms with Gasteiger partial charge in [0.25, 0.3) is 5.91 Å². The van der Waals surface area contributed by atoms with E-state index in [1.54, 1.807) is 24.3 Å². The van der Waals surface area contributed by atoms with Crippen molar-refractivity contribution in [1.82, 2.24) is 0 Å². The van der Waals surface area contributed by atoms with Gasteiger partial charge in [-0.25, -0.2) is 8.78 Å². The summed E-state index contributed by atoms with van der Waals surface area (Å²) >= 11 is 0. The van der Waals surface area contributed by atoms with Crippen molar-refractivity contribution in [2.45, 2.75) is 6.92 Å². The van der Waals surface area contributed by atoms with E-state index in [0.717, 1.165) is 18.2 Å². The molecule has 0 spiro atoms. The van der Waals surface area contributed by atoms with Gasteiger partial charge < -0.3 is 10.6 Å². The maximum atomic E-state index is 13.1. The van der Waals surface area contributed by atoms with Gasteiger partial charge in [0.05, 0.1) is 5.56 Å². The van der Waals surface area contributed by atoms with Gasteiger partial charge in [0.15, 0.2) is 0 Å². The van der Waals surface area contributed by atoms with Crippen molar-refractivity contribution in [3.63, 3.8) is 0 Å². The average molecular weight is 276 g/mol. The molecular formula is C15H14F2N2O. The van der Waals surface area contributed by atoms with Crippen molar-refractivity contribution < 1.29 is 13.6 Å². The molecule has 3 nitrogen and oxygen atoms in total. The first kappa shape index (κ1) is 14.0. The predicted molar refractivity (Wildman–Crippen MR) is 74.9 cm³/mol. The number of nitrogens with one attached hydrogen (secondary N) is 2. The number of rotatable bonds is 4. The Balaban J connectivity index is 2.23. The fourth-order valence-corrected chi connectivity index (χ4v) is 1.85. The molecule has 1 amide bonds. The van der Waals surface area contributed by atoms with E-state index in [2.05, 4.69) is 10.6 Å². The summed E-state index contributed by atoms with van der Waals surface area (Å²) < 4.78 is 26.2. The van der Waals surface area contributed by atoms with Crippen LogP contribution in [-0.4, -0.2) is 12.5 Å². The minimum Gasteiger partial charge on any atom is -0.385 e. The fourth-order valence-electron chi connectivity index (χ4n) is 1.85. The Kier molecular flexibility index (Phi) is 4.30. The van der Waals surface area contributed by atoms with Gasteiger partial charge >= 0.3 is 0 Å². The molecule has 0 aliphatic heterocycles. The highest BCUT2D eigenvalue weighted by Crippen LogP contribution is 2.18. The van der Waals surface area contributed by atoms with Crippen LogP contribution < -0.4 is 10.6 Å². The average Bonchev–Trinajstić information content (AvgIpc) is 2.38. The third-order valence-electron chi connectivity index (χ3n) is 2.66. The Labute approximate surface area is 115 Å². The van der Waals surface area contributed by atoms with Crippen molar-refractivity contribution in [2.75, 3.05) is 17.2 Å². The molecule has 104 valence electrons. The Bertz CT molecular complexity index is 609. The van der Waals surface area contributed by atoms with Crippen LogP contribution >= 0.6 is 0 Å². The summed E-state index contributed by atoms with van der Waals surface area (Å²) in [5.74, 6) is -1.90. The largest absolute Gasteiger partial charge is 0.385 e. The van der Waals surface area contributed by atoms with Crippen LogP contribution in [0.15, 0.2) is 42.5 Å². The van der Waals surface area contributed by atoms with Crippen LogP contribution in [-0.2, 0) is 0 Å². The molecule has 0 unspecified atom stereocenters. The van der Waals surface area contributed by atoms with Crippen LogP contribution in [0.3, 0.4) is 0 Å². The second-order valence-electron chi connectivity index (χ2n) is 4.19. The number of carbonyl (C=O) groups is 1. The highest BCUT2D eigenvalue weighted by Gasteiger charge is 2.11. The van der Waals surface area contributed by atoms with Gasteiger partial charge in [-0.3, -0.25) is 4.79 Å². The summed E-state index contributed by atoms with van der Waals surface area (Å²) in [6.45, 7) is 2.58. The number of para-hydroxylation sites is 1. The van der Waals surface area contributed by atoms with Crippen LogP contribution in [0.1, 0.15) is 17.3 Å². The van der Waals surface area contributed by atoms with Crippen LogP contribution in [0.4, 0.5) is 20.2 Å². The number of carbonyl (C=O) groups excluding carboxylic acids is 1. The first-order valence-electron chi connectivity index (χ1n) is 6.20. The molecule has 0 saturated heterocycles. The second-order valence-corrected chi connectivity index (χ2v) is 4.19. The van der Waals surface area contributed by atoms with Crippen molar-refractivity contribution in [3.05, 3.63) is 59.7 Å². The monoisotopic (exact) mass is 276 g/mol. The lowest BCUT2D eigenvalue weighted by atomic mass is 10.1. The normalized spacial score (nSPS) is 10.2. The molecule has 0 heterocycles. The van der Waals surface area contributed by atoms with E-state index in [1.807, 2.05) is 6.92 Å². The van der Waals surface area contributed by atoms with Crippen molar-refractivity contribution in [2.24, 2.45) is 0 Å². The summed E-state index contributed by atoms with van der Waals surface area (Å²) in [6.07, 6.45) is 0. The molecule has 2 aromatic carbocycles. The number of halogens is 2. The molecule has 0 fully saturated rings. The van der Waals surface area contributed by atoms with Crippen LogP contribution in [0, 0.1) is 11.6 Å². The second kappa shape index (κ2) is 6.14. The summed E-state index contributed by atoms with van der Waals surface area (Å²) in [6, 6.07) is 9.82. The minimum absolute atomic E-state index is 0.0822. The van der Waals surface area contributed by atoms with Crippen LogP contribution in [0.5, 0.6) is 0 Å². The van der Waals surface area contributed by atoms with Gasteiger partial charge in [-0.1, -0.05) is 12.1 Å². The van der Waals surface area contributed by atoms with E-state index in [-0.39, 0.29) is 5.69 Å². The van der Waals surface area contributed by atoms with E-state index in [9.17, 15) is 13.6 Å². The highest BCUT2D eigenvalue weighted by atomic mass is 19.1. The van der Waals surface area contributed by atoms with Crippen molar-refractivity contribution >= 4 is 17.3 Å². The Hall–Kier alpha value is -2.43. The Morgan fingerprint density at radius 1 is 1.10 bits per heavy atom. The van der Waals surface area contributed by atoms with Crippen LogP contribution in [0.2, 0.25) is 0 Å². The molecular weight excluding hydrogens is 262 g/mol. The van der Waals surface area contributed by atoms with Crippen molar-refractivity contribution in [1.29, 1.82) is 0 Å². The molecule has 0 bridgehead atoms. The highest BCUT2D eigenvalue weighted by molar-refractivity contribution is 6.08. The first-order valence-corrected chi connectivity index (χ1v) is 6.20. The molecule has 5 heteroatoms. The lowest BCUT2D eigenvalue weighted by Crippen LogP contribution is -2.15. The van der Waals surface area contributed by atoms with Gasteiger partial charge in [-0.2, -0.15) is 0 Å². The van der Waals surface area contributed by atoms with Crippen LogP contribution in [0.25, 0.3) is 0 Å². The minimum atomic E-state index is -0.736. The molecule has 0 atom stereocenters. The molecule has 0 aliphatic rings. The quantitative estimate of drug-likeness (QED) is 0.895. The fraction of sp³-hybridized carbons (Fsp3) is 0.133. The molecule has 20 heavy (non-hydrogen) atoms. The predicted octanol–water partition coefficient (Wildman–Crippen LogP) is 3.65. The maximum Gasteiger partial charge on any atom is 0.257 e. The molecule has 0 saturated carbocycles. The Morgan fingerprint density at radius 3 is 2.40 bits per heavy atom. The zero-order chi connectivity index (χ0) is 14.5. The molecule has 2 N–H and O–H groups in total. The standard InChI is InChI=1S/C15H14F2N2O/c1-2-18-14-6-4-3-5-13(14)15(20)19-12-8-10(16)7-11(17)9-12/h3-9,18H,2H2,1H3,(H,19,20). The van der Waals surface area contributed by atoms with Gasteiger partial charge in [-0.15, -0.1) is 0 Å². The first-order chi connectivity index (χ1) is 9.60. The van der Waals surface area contributed by atoms with Crippen molar-refractivity contribution in [3.8, 4) is 0 Å². The van der Waals surface area contributed by atoms with Gasteiger partial charge in [0, 0.05) is 24.0 Å². The zero-order valence-corrected chi connectivity index (χ0v) is 10.9. The molecule has 0 radical (unpaired) electrons. The number of benzene rings is 2.